The van der Waals surface area contributed by atoms with E-state index in [1.54, 1.807) is 36.2 Å². The Balaban J connectivity index is 1.73. The Labute approximate surface area is 154 Å². The zero-order valence-electron chi connectivity index (χ0n) is 14.7. The minimum Gasteiger partial charge on any atom is -0.495 e. The van der Waals surface area contributed by atoms with Gasteiger partial charge in [0.05, 0.1) is 31.8 Å². The molecule has 0 fully saturated rings. The highest BCUT2D eigenvalue weighted by atomic mass is 19.1. The topological polar surface area (TPSA) is 73.6 Å². The number of methoxy groups -OCH3 is 2. The van der Waals surface area contributed by atoms with Crippen LogP contribution in [0, 0.1) is 5.82 Å². The van der Waals surface area contributed by atoms with Gasteiger partial charge in [-0.15, -0.1) is 0 Å². The van der Waals surface area contributed by atoms with Crippen LogP contribution in [0.3, 0.4) is 0 Å². The lowest BCUT2D eigenvalue weighted by atomic mass is 10.2. The number of anilines is 2. The molecule has 1 aromatic carbocycles. The molecule has 1 N–H and O–H groups in total. The molecule has 4 aromatic rings. The molecule has 3 aromatic heterocycles. The molecule has 0 amide bonds. The standard InChI is InChI=1S/C19H16FN5O2/c1-26-16-6-4-13(20)9-15(16)23-18-11-21-17-7-5-14(24-25(17)18)12-3-8-19(27-2)22-10-12/h3-11,23H,1-2H3. The van der Waals surface area contributed by atoms with Crippen molar-refractivity contribution in [3.05, 3.63) is 60.7 Å². The second kappa shape index (κ2) is 6.91. The van der Waals surface area contributed by atoms with E-state index < -0.39 is 0 Å². The van der Waals surface area contributed by atoms with Crippen LogP contribution in [-0.2, 0) is 0 Å². The number of halogens is 1. The second-order valence-corrected chi connectivity index (χ2v) is 5.69. The first-order valence-corrected chi connectivity index (χ1v) is 8.13. The van der Waals surface area contributed by atoms with E-state index in [1.807, 2.05) is 18.2 Å². The molecule has 3 heterocycles. The molecule has 27 heavy (non-hydrogen) atoms. The molecule has 0 bridgehead atoms. The van der Waals surface area contributed by atoms with Gasteiger partial charge in [0.2, 0.25) is 5.88 Å². The molecular formula is C19H16FN5O2. The van der Waals surface area contributed by atoms with Crippen LogP contribution in [0.25, 0.3) is 16.9 Å². The van der Waals surface area contributed by atoms with E-state index in [-0.39, 0.29) is 5.82 Å². The summed E-state index contributed by atoms with van der Waals surface area (Å²) < 4.78 is 25.6. The highest BCUT2D eigenvalue weighted by Gasteiger charge is 2.11. The number of rotatable bonds is 5. The molecule has 0 saturated carbocycles. The molecular weight excluding hydrogens is 349 g/mol. The third-order valence-corrected chi connectivity index (χ3v) is 4.03. The fraction of sp³-hybridized carbons (Fsp3) is 0.105. The first kappa shape index (κ1) is 16.8. The summed E-state index contributed by atoms with van der Waals surface area (Å²) in [5.41, 5.74) is 2.68. The average Bonchev–Trinajstić information content (AvgIpc) is 3.10. The number of nitrogens with one attached hydrogen (secondary N) is 1. The Bertz CT molecular complexity index is 1100. The summed E-state index contributed by atoms with van der Waals surface area (Å²) in [7, 11) is 3.09. The van der Waals surface area contributed by atoms with Gasteiger partial charge in [-0.2, -0.15) is 9.61 Å². The summed E-state index contributed by atoms with van der Waals surface area (Å²) in [6.45, 7) is 0. The highest BCUT2D eigenvalue weighted by molar-refractivity contribution is 5.67. The van der Waals surface area contributed by atoms with Crippen molar-refractivity contribution < 1.29 is 13.9 Å². The van der Waals surface area contributed by atoms with Crippen LogP contribution in [0.1, 0.15) is 0 Å². The monoisotopic (exact) mass is 365 g/mol. The first-order valence-electron chi connectivity index (χ1n) is 8.13. The van der Waals surface area contributed by atoms with Gasteiger partial charge in [-0.3, -0.25) is 0 Å². The minimum atomic E-state index is -0.370. The molecule has 136 valence electrons. The van der Waals surface area contributed by atoms with Gasteiger partial charge in [0.1, 0.15) is 11.6 Å². The third-order valence-electron chi connectivity index (χ3n) is 4.03. The Kier molecular flexibility index (Phi) is 4.29. The van der Waals surface area contributed by atoms with Crippen LogP contribution in [-0.4, -0.2) is 33.8 Å². The maximum Gasteiger partial charge on any atom is 0.212 e. The van der Waals surface area contributed by atoms with Crippen LogP contribution >= 0.6 is 0 Å². The Morgan fingerprint density at radius 1 is 0.963 bits per heavy atom. The van der Waals surface area contributed by atoms with Crippen molar-refractivity contribution in [2.45, 2.75) is 0 Å². The molecule has 8 heteroatoms. The third kappa shape index (κ3) is 3.24. The SMILES string of the molecule is COc1ccc(-c2ccc3ncc(Nc4cc(F)ccc4OC)n3n2)cn1. The van der Waals surface area contributed by atoms with Crippen LogP contribution in [0.2, 0.25) is 0 Å². The normalized spacial score (nSPS) is 10.8. The van der Waals surface area contributed by atoms with E-state index in [0.717, 1.165) is 5.56 Å². The van der Waals surface area contributed by atoms with Gasteiger partial charge in [-0.1, -0.05) is 0 Å². The molecule has 0 aliphatic heterocycles. The lowest BCUT2D eigenvalue weighted by Crippen LogP contribution is -2.02. The van der Waals surface area contributed by atoms with Crippen molar-refractivity contribution in [2.24, 2.45) is 0 Å². The minimum absolute atomic E-state index is 0.370. The summed E-state index contributed by atoms with van der Waals surface area (Å²) in [5.74, 6) is 1.26. The number of benzene rings is 1. The van der Waals surface area contributed by atoms with Gasteiger partial charge < -0.3 is 14.8 Å². The molecule has 0 aliphatic carbocycles. The van der Waals surface area contributed by atoms with E-state index in [2.05, 4.69) is 20.4 Å². The largest absolute Gasteiger partial charge is 0.495 e. The average molecular weight is 365 g/mol. The second-order valence-electron chi connectivity index (χ2n) is 5.69. The van der Waals surface area contributed by atoms with Gasteiger partial charge in [-0.05, 0) is 30.3 Å². The summed E-state index contributed by atoms with van der Waals surface area (Å²) in [5, 5.41) is 7.73. The first-order chi connectivity index (χ1) is 13.2. The summed E-state index contributed by atoms with van der Waals surface area (Å²) in [4.78, 5) is 8.53. The predicted molar refractivity (Wildman–Crippen MR) is 99.0 cm³/mol. The number of nitrogens with zero attached hydrogens (tertiary/aromatic N) is 4. The number of pyridine rings is 1. The predicted octanol–water partition coefficient (Wildman–Crippen LogP) is 3.69. The Morgan fingerprint density at radius 3 is 2.59 bits per heavy atom. The Morgan fingerprint density at radius 2 is 1.85 bits per heavy atom. The van der Waals surface area contributed by atoms with E-state index >= 15 is 0 Å². The maximum absolute atomic E-state index is 13.6. The zero-order chi connectivity index (χ0) is 18.8. The lowest BCUT2D eigenvalue weighted by molar-refractivity contribution is 0.398. The van der Waals surface area contributed by atoms with Crippen molar-refractivity contribution in [2.75, 3.05) is 19.5 Å². The number of ether oxygens (including phenoxy) is 2. The zero-order valence-corrected chi connectivity index (χ0v) is 14.7. The summed E-state index contributed by atoms with van der Waals surface area (Å²) >= 11 is 0. The van der Waals surface area contributed by atoms with Gasteiger partial charge in [0, 0.05) is 23.9 Å². The fourth-order valence-electron chi connectivity index (χ4n) is 2.68. The van der Waals surface area contributed by atoms with Crippen molar-refractivity contribution in [3.63, 3.8) is 0 Å². The quantitative estimate of drug-likeness (QED) is 0.581. The number of hydrogen-bond donors (Lipinski definition) is 1. The molecule has 0 aliphatic rings. The van der Waals surface area contributed by atoms with Gasteiger partial charge in [0.25, 0.3) is 0 Å². The van der Waals surface area contributed by atoms with Crippen LogP contribution in [0.4, 0.5) is 15.9 Å². The van der Waals surface area contributed by atoms with Crippen molar-refractivity contribution in [3.8, 4) is 22.9 Å². The van der Waals surface area contributed by atoms with E-state index in [4.69, 9.17) is 9.47 Å². The van der Waals surface area contributed by atoms with Gasteiger partial charge in [-0.25, -0.2) is 14.4 Å². The van der Waals surface area contributed by atoms with Crippen molar-refractivity contribution in [1.82, 2.24) is 19.6 Å². The maximum atomic E-state index is 13.6. The molecule has 4 rings (SSSR count). The van der Waals surface area contributed by atoms with E-state index in [1.165, 1.54) is 19.2 Å². The molecule has 7 nitrogen and oxygen atoms in total. The number of fused-ring (bicyclic) bond motifs is 1. The van der Waals surface area contributed by atoms with Crippen LogP contribution in [0.5, 0.6) is 11.6 Å². The van der Waals surface area contributed by atoms with Gasteiger partial charge in [0.15, 0.2) is 11.5 Å². The highest BCUT2D eigenvalue weighted by Crippen LogP contribution is 2.29. The Hall–Kier alpha value is -3.68. The summed E-state index contributed by atoms with van der Waals surface area (Å²) in [6, 6.07) is 11.6. The van der Waals surface area contributed by atoms with Crippen LogP contribution in [0.15, 0.2) is 54.9 Å². The van der Waals surface area contributed by atoms with Crippen molar-refractivity contribution >= 4 is 17.2 Å². The van der Waals surface area contributed by atoms with Crippen molar-refractivity contribution in [1.29, 1.82) is 0 Å². The smallest absolute Gasteiger partial charge is 0.212 e. The van der Waals surface area contributed by atoms with E-state index in [0.29, 0.717) is 34.5 Å². The van der Waals surface area contributed by atoms with Crippen LogP contribution < -0.4 is 14.8 Å². The lowest BCUT2D eigenvalue weighted by Gasteiger charge is -2.11. The fourth-order valence-corrected chi connectivity index (χ4v) is 2.68. The molecule has 0 saturated heterocycles. The molecule has 0 spiro atoms. The number of aromatic nitrogens is 4. The number of imidazole rings is 1. The van der Waals surface area contributed by atoms with E-state index in [9.17, 15) is 4.39 Å². The number of hydrogen-bond acceptors (Lipinski definition) is 6. The molecule has 0 unspecified atom stereocenters. The molecule has 0 radical (unpaired) electrons. The van der Waals surface area contributed by atoms with Gasteiger partial charge >= 0.3 is 0 Å². The molecule has 0 atom stereocenters. The summed E-state index contributed by atoms with van der Waals surface area (Å²) in [6.07, 6.45) is 3.31.